The quantitative estimate of drug-likeness (QED) is 0.360. The predicted molar refractivity (Wildman–Crippen MR) is 146 cm³/mol. The Morgan fingerprint density at radius 2 is 2.00 bits per heavy atom. The van der Waals surface area contributed by atoms with Crippen LogP contribution in [-0.4, -0.2) is 31.3 Å². The van der Waals surface area contributed by atoms with Crippen molar-refractivity contribution in [2.45, 2.75) is 89.2 Å². The summed E-state index contributed by atoms with van der Waals surface area (Å²) >= 11 is 0. The van der Waals surface area contributed by atoms with Crippen LogP contribution in [-0.2, 0) is 34.7 Å². The van der Waals surface area contributed by atoms with Gasteiger partial charge in [0.15, 0.2) is 0 Å². The molecule has 0 radical (unpaired) electrons. The van der Waals surface area contributed by atoms with Crippen molar-refractivity contribution in [3.63, 3.8) is 0 Å². The molecule has 40 heavy (non-hydrogen) atoms. The number of hydrogen-bond donors (Lipinski definition) is 3. The van der Waals surface area contributed by atoms with E-state index in [2.05, 4.69) is 11.9 Å². The van der Waals surface area contributed by atoms with Crippen LogP contribution < -0.4 is 10.9 Å². The number of nitrogens with zero attached hydrogens (tertiary/aromatic N) is 2. The largest absolute Gasteiger partial charge is 0.490 e. The molecule has 1 aromatic carbocycles. The van der Waals surface area contributed by atoms with E-state index in [0.29, 0.717) is 59.3 Å². The monoisotopic (exact) mass is 545 g/mol. The van der Waals surface area contributed by atoms with Crippen LogP contribution in [0.2, 0.25) is 0 Å². The van der Waals surface area contributed by atoms with Crippen molar-refractivity contribution >= 4 is 16.8 Å². The zero-order chi connectivity index (χ0) is 28.1. The van der Waals surface area contributed by atoms with Crippen LogP contribution in [0.15, 0.2) is 29.3 Å². The first kappa shape index (κ1) is 25.4. The number of halogens is 1. The number of ether oxygens (including phenoxy) is 1. The number of hydrogen-bond acceptors (Lipinski definition) is 6. The lowest BCUT2D eigenvalue weighted by Crippen LogP contribution is -2.46. The first-order valence-corrected chi connectivity index (χ1v) is 14.1. The number of fused-ring (bicyclic) bond motifs is 5. The summed E-state index contributed by atoms with van der Waals surface area (Å²) in [5.74, 6) is -0.539. The van der Waals surface area contributed by atoms with Gasteiger partial charge in [-0.3, -0.25) is 9.59 Å². The minimum absolute atomic E-state index is 0.0139. The molecule has 2 aromatic heterocycles. The third-order valence-corrected chi connectivity index (χ3v) is 9.70. The number of aryl methyl sites for hydroxylation is 1. The lowest BCUT2D eigenvalue weighted by Gasteiger charge is -2.35. The molecule has 8 nitrogen and oxygen atoms in total. The molecule has 208 valence electrons. The van der Waals surface area contributed by atoms with Crippen LogP contribution in [0.5, 0.6) is 0 Å². The summed E-state index contributed by atoms with van der Waals surface area (Å²) in [7, 11) is 0. The number of carbonyl (C=O) groups is 1. The fraction of sp³-hybridized carbons (Fsp3) is 0.452. The molecule has 0 unspecified atom stereocenters. The molecule has 3 aromatic rings. The maximum Gasteiger partial charge on any atom is 0.258 e. The number of carbonyl (C=O) groups excluding carboxylic acids is 1. The normalized spacial score (nSPS) is 23.9. The van der Waals surface area contributed by atoms with Crippen LogP contribution in [0.4, 0.5) is 4.39 Å². The number of nitrogens with one attached hydrogen (secondary N) is 1. The second-order valence-electron chi connectivity index (χ2n) is 11.8. The fourth-order valence-corrected chi connectivity index (χ4v) is 7.29. The molecule has 0 spiro atoms. The number of rotatable bonds is 3. The summed E-state index contributed by atoms with van der Waals surface area (Å²) < 4.78 is 22.3. The summed E-state index contributed by atoms with van der Waals surface area (Å²) in [4.78, 5) is 32.0. The standard InChI is InChI=1S/C31H32FN3O5/c1-4-31(39)16(3)40-14-19-20(31)11-24-27-18(13-35(24)28(19)36)26-22(34-29(37)30(38)9-5-6-10-30)8-7-17-15(2)21(32)12-23(33-27)25(17)26/h11-12,22,38-39H,3-10,13-14H2,1-2H3,(H,34,37)/t22-,31+/m0/s1. The van der Waals surface area contributed by atoms with Crippen LogP contribution in [0, 0.1) is 12.7 Å². The molecule has 4 aliphatic rings. The van der Waals surface area contributed by atoms with Gasteiger partial charge in [0.2, 0.25) is 0 Å². The molecule has 1 saturated carbocycles. The second kappa shape index (κ2) is 8.47. The second-order valence-corrected chi connectivity index (χ2v) is 11.8. The number of benzene rings is 1. The van der Waals surface area contributed by atoms with E-state index < -0.39 is 17.2 Å². The third kappa shape index (κ3) is 3.28. The molecule has 4 heterocycles. The molecular weight excluding hydrogens is 513 g/mol. The van der Waals surface area contributed by atoms with Crippen molar-refractivity contribution < 1.29 is 24.1 Å². The molecule has 2 aliphatic carbocycles. The van der Waals surface area contributed by atoms with Gasteiger partial charge in [0.25, 0.3) is 11.5 Å². The maximum absolute atomic E-state index is 15.1. The van der Waals surface area contributed by atoms with E-state index in [9.17, 15) is 19.8 Å². The molecule has 2 aliphatic heterocycles. The Morgan fingerprint density at radius 1 is 1.25 bits per heavy atom. The number of pyridine rings is 2. The van der Waals surface area contributed by atoms with Crippen LogP contribution >= 0.6 is 0 Å². The van der Waals surface area contributed by atoms with Gasteiger partial charge in [-0.25, -0.2) is 9.37 Å². The number of aromatic nitrogens is 2. The highest BCUT2D eigenvalue weighted by Gasteiger charge is 2.44. The van der Waals surface area contributed by atoms with Gasteiger partial charge in [-0.1, -0.05) is 13.5 Å². The highest BCUT2D eigenvalue weighted by Crippen LogP contribution is 2.47. The van der Waals surface area contributed by atoms with E-state index in [1.54, 1.807) is 24.5 Å². The number of aliphatic hydroxyl groups is 2. The summed E-state index contributed by atoms with van der Waals surface area (Å²) in [5, 5.41) is 26.4. The molecule has 7 rings (SSSR count). The summed E-state index contributed by atoms with van der Waals surface area (Å²) in [6, 6.07) is 2.78. The molecule has 2 atom stereocenters. The van der Waals surface area contributed by atoms with Crippen LogP contribution in [0.3, 0.4) is 0 Å². The molecular formula is C31H32FN3O5. The Kier molecular flexibility index (Phi) is 5.38. The van der Waals surface area contributed by atoms with Crippen molar-refractivity contribution in [2.75, 3.05) is 0 Å². The predicted octanol–water partition coefficient (Wildman–Crippen LogP) is 3.92. The molecule has 9 heteroatoms. The molecule has 0 bridgehead atoms. The Hall–Kier alpha value is -3.56. The lowest BCUT2D eigenvalue weighted by molar-refractivity contribution is -0.140. The van der Waals surface area contributed by atoms with Gasteiger partial charge in [0.1, 0.15) is 29.4 Å². The zero-order valence-corrected chi connectivity index (χ0v) is 22.7. The van der Waals surface area contributed by atoms with Gasteiger partial charge in [0.05, 0.1) is 35.1 Å². The molecule has 1 fully saturated rings. The van der Waals surface area contributed by atoms with Crippen LogP contribution in [0.25, 0.3) is 22.3 Å². The minimum atomic E-state index is -1.51. The first-order valence-electron chi connectivity index (χ1n) is 14.1. The van der Waals surface area contributed by atoms with Gasteiger partial charge in [0, 0.05) is 22.6 Å². The van der Waals surface area contributed by atoms with E-state index in [1.165, 1.54) is 6.07 Å². The Bertz CT molecular complexity index is 1720. The Labute approximate surface area is 230 Å². The van der Waals surface area contributed by atoms with Gasteiger partial charge < -0.3 is 24.8 Å². The van der Waals surface area contributed by atoms with Crippen molar-refractivity contribution in [1.82, 2.24) is 14.9 Å². The van der Waals surface area contributed by atoms with Crippen LogP contribution in [0.1, 0.15) is 84.9 Å². The fourth-order valence-electron chi connectivity index (χ4n) is 7.29. The zero-order valence-electron chi connectivity index (χ0n) is 22.7. The summed E-state index contributed by atoms with van der Waals surface area (Å²) in [6.45, 7) is 7.69. The lowest BCUT2D eigenvalue weighted by atomic mass is 9.81. The minimum Gasteiger partial charge on any atom is -0.490 e. The average Bonchev–Trinajstić information content (AvgIpc) is 3.55. The Balaban J connectivity index is 1.46. The van der Waals surface area contributed by atoms with E-state index in [0.717, 1.165) is 34.9 Å². The van der Waals surface area contributed by atoms with Gasteiger partial charge >= 0.3 is 0 Å². The maximum atomic E-state index is 15.1. The van der Waals surface area contributed by atoms with Gasteiger partial charge in [-0.15, -0.1) is 0 Å². The summed E-state index contributed by atoms with van der Waals surface area (Å²) in [6.07, 6.45) is 3.82. The van der Waals surface area contributed by atoms with Crippen molar-refractivity contribution in [2.24, 2.45) is 0 Å². The highest BCUT2D eigenvalue weighted by molar-refractivity contribution is 5.94. The highest BCUT2D eigenvalue weighted by atomic mass is 19.1. The molecule has 3 N–H and O–H groups in total. The van der Waals surface area contributed by atoms with Crippen molar-refractivity contribution in [3.8, 4) is 11.4 Å². The van der Waals surface area contributed by atoms with Gasteiger partial charge in [-0.2, -0.15) is 0 Å². The van der Waals surface area contributed by atoms with E-state index >= 15 is 4.39 Å². The van der Waals surface area contributed by atoms with Crippen molar-refractivity contribution in [3.05, 3.63) is 74.0 Å². The first-order chi connectivity index (χ1) is 19.1. The van der Waals surface area contributed by atoms with E-state index in [-0.39, 0.29) is 42.6 Å². The third-order valence-electron chi connectivity index (χ3n) is 9.70. The molecule has 1 amide bonds. The smallest absolute Gasteiger partial charge is 0.258 e. The summed E-state index contributed by atoms with van der Waals surface area (Å²) in [5.41, 5.74) is 2.22. The van der Waals surface area contributed by atoms with Crippen molar-refractivity contribution in [1.29, 1.82) is 0 Å². The van der Waals surface area contributed by atoms with E-state index in [1.807, 2.05) is 0 Å². The average molecular weight is 546 g/mol. The van der Waals surface area contributed by atoms with E-state index in [4.69, 9.17) is 9.72 Å². The Morgan fingerprint density at radius 3 is 2.73 bits per heavy atom. The molecule has 0 saturated heterocycles. The SMILES string of the molecule is C=C1OCc2c(cc3n(c2=O)Cc2c-3nc3cc(F)c(C)c4c3c2[C@@H](NC(=O)C2(O)CCCC2)CC4)[C@@]1(O)CC. The van der Waals surface area contributed by atoms with Gasteiger partial charge in [-0.05, 0) is 74.6 Å². The topological polar surface area (TPSA) is 114 Å². The number of amides is 1.